The minimum atomic E-state index is -4.74. The number of allylic oxidation sites excluding steroid dienone is 1. The second kappa shape index (κ2) is 19.7. The third-order valence-electron chi connectivity index (χ3n) is 7.43. The van der Waals surface area contributed by atoms with Crippen molar-refractivity contribution in [3.63, 3.8) is 0 Å². The number of aryl methyl sites for hydroxylation is 1. The lowest BCUT2D eigenvalue weighted by Crippen LogP contribution is -2.36. The highest BCUT2D eigenvalue weighted by molar-refractivity contribution is 7.89. The molecule has 0 heterocycles. The number of carbonyl (C=O) groups is 1. The molecule has 2 rings (SSSR count). The number of anilines is 1. The van der Waals surface area contributed by atoms with Crippen molar-refractivity contribution in [2.75, 3.05) is 59.1 Å². The van der Waals surface area contributed by atoms with Crippen molar-refractivity contribution >= 4 is 27.3 Å². The van der Waals surface area contributed by atoms with Gasteiger partial charge in [0.1, 0.15) is 23.9 Å². The van der Waals surface area contributed by atoms with Gasteiger partial charge in [0.25, 0.3) is 5.91 Å². The Morgan fingerprint density at radius 2 is 1.58 bits per heavy atom. The van der Waals surface area contributed by atoms with Crippen molar-refractivity contribution in [2.45, 2.75) is 64.2 Å². The molecule has 0 saturated heterocycles. The Morgan fingerprint density at radius 3 is 2.08 bits per heavy atom. The van der Waals surface area contributed by atoms with Gasteiger partial charge in [-0.05, 0) is 61.1 Å². The van der Waals surface area contributed by atoms with Gasteiger partial charge in [0.2, 0.25) is 10.0 Å². The van der Waals surface area contributed by atoms with E-state index in [4.69, 9.17) is 29.1 Å². The quantitative estimate of drug-likeness (QED) is 0.0609. The third-order valence-corrected chi connectivity index (χ3v) is 8.66. The summed E-state index contributed by atoms with van der Waals surface area (Å²) >= 11 is 0. The van der Waals surface area contributed by atoms with Crippen molar-refractivity contribution in [2.24, 2.45) is 0 Å². The molecule has 0 spiro atoms. The fourth-order valence-corrected chi connectivity index (χ4v) is 6.37. The van der Waals surface area contributed by atoms with Gasteiger partial charge in [-0.25, -0.2) is 8.42 Å². The largest absolute Gasteiger partial charge is 0.496 e. The first-order valence-electron chi connectivity index (χ1n) is 16.1. The molecule has 1 unspecified atom stereocenters. The van der Waals surface area contributed by atoms with Crippen LogP contribution >= 0.6 is 0 Å². The Hall–Kier alpha value is -4.03. The van der Waals surface area contributed by atoms with E-state index in [9.17, 15) is 39.6 Å². The third kappa shape index (κ3) is 13.8. The molecule has 292 valence electrons. The first-order chi connectivity index (χ1) is 24.3. The summed E-state index contributed by atoms with van der Waals surface area (Å²) in [6.45, 7) is 1.48. The van der Waals surface area contributed by atoms with E-state index in [1.807, 2.05) is 11.6 Å². The van der Waals surface area contributed by atoms with Crippen LogP contribution in [0.1, 0.15) is 55.9 Å². The maximum Gasteiger partial charge on any atom is 0.422 e. The van der Waals surface area contributed by atoms with E-state index in [2.05, 4.69) is 0 Å². The van der Waals surface area contributed by atoms with Crippen LogP contribution in [0.3, 0.4) is 0 Å². The van der Waals surface area contributed by atoms with E-state index < -0.39 is 60.0 Å². The highest BCUT2D eigenvalue weighted by Crippen LogP contribution is 2.36. The van der Waals surface area contributed by atoms with Crippen molar-refractivity contribution in [1.82, 2.24) is 4.72 Å². The summed E-state index contributed by atoms with van der Waals surface area (Å²) in [4.78, 5) is 14.9. The van der Waals surface area contributed by atoms with Gasteiger partial charge < -0.3 is 34.0 Å². The number of halogens is 6. The Labute approximate surface area is 299 Å². The molecule has 11 nitrogen and oxygen atoms in total. The van der Waals surface area contributed by atoms with E-state index in [1.165, 1.54) is 34.3 Å². The summed E-state index contributed by atoms with van der Waals surface area (Å²) in [5, 5.41) is 8.30. The maximum absolute atomic E-state index is 13.2. The fraction of sp³-hybridized carbons (Fsp3) is 0.529. The van der Waals surface area contributed by atoms with Crippen molar-refractivity contribution in [3.05, 3.63) is 64.4 Å². The van der Waals surface area contributed by atoms with E-state index >= 15 is 0 Å². The van der Waals surface area contributed by atoms with Crippen LogP contribution in [0.25, 0.3) is 0 Å². The molecular weight excluding hydrogens is 724 g/mol. The standard InChI is InChI=1S/C34H45F6N3O8S/c1-7-15-43(18-24(14-16-50-20-33(35,36)37)30(25(41)8-2)51-21-34(38,39)40)26-13-12-23(17-22(26)3)19-52(45,46)42-32(44)31(49-6)29-27(47-4)10-9-11-28(29)48-5/h9-13,17,31,41H,7-8,14-16,18-21H2,1-6H3,(H,42,44)/b30-24-,41-25?. The number of hydrogen-bond acceptors (Lipinski definition) is 10. The molecule has 2 aromatic rings. The number of sulfonamides is 1. The molecule has 1 atom stereocenters. The van der Waals surface area contributed by atoms with Crippen molar-refractivity contribution < 1.29 is 63.2 Å². The van der Waals surface area contributed by atoms with Crippen LogP contribution in [-0.2, 0) is 34.8 Å². The minimum absolute atomic E-state index is 0.00974. The monoisotopic (exact) mass is 769 g/mol. The number of rotatable bonds is 21. The van der Waals surface area contributed by atoms with Crippen LogP contribution in [0, 0.1) is 12.3 Å². The molecule has 0 aliphatic heterocycles. The maximum atomic E-state index is 13.2. The van der Waals surface area contributed by atoms with Crippen LogP contribution in [0.15, 0.2) is 47.7 Å². The molecule has 2 aromatic carbocycles. The first-order valence-corrected chi connectivity index (χ1v) is 17.7. The number of amides is 1. The van der Waals surface area contributed by atoms with Gasteiger partial charge in [-0.2, -0.15) is 26.3 Å². The van der Waals surface area contributed by atoms with Gasteiger partial charge in [-0.1, -0.05) is 32.0 Å². The van der Waals surface area contributed by atoms with E-state index in [0.717, 1.165) is 0 Å². The Balaban J connectivity index is 2.41. The number of ether oxygens (including phenoxy) is 5. The van der Waals surface area contributed by atoms with Crippen LogP contribution < -0.4 is 19.1 Å². The molecule has 0 aromatic heterocycles. The molecular formula is C34H45F6N3O8S. The van der Waals surface area contributed by atoms with Gasteiger partial charge in [-0.15, -0.1) is 0 Å². The summed E-state index contributed by atoms with van der Waals surface area (Å²) in [5.74, 6) is -1.52. The summed E-state index contributed by atoms with van der Waals surface area (Å²) in [5.41, 5.74) is 1.42. The Morgan fingerprint density at radius 1 is 0.962 bits per heavy atom. The average Bonchev–Trinajstić information content (AvgIpc) is 3.05. The lowest BCUT2D eigenvalue weighted by atomic mass is 10.0. The van der Waals surface area contributed by atoms with Crippen LogP contribution in [0.5, 0.6) is 11.5 Å². The number of nitrogens with zero attached hydrogens (tertiary/aromatic N) is 1. The number of benzene rings is 2. The fourth-order valence-electron chi connectivity index (χ4n) is 5.27. The van der Waals surface area contributed by atoms with Gasteiger partial charge in [0.05, 0.1) is 37.9 Å². The minimum Gasteiger partial charge on any atom is -0.496 e. The SMILES string of the molecule is CCCN(C/C(CCOCC(F)(F)F)=C(\OCC(F)(F)F)C(=N)CC)c1ccc(CS(=O)(=O)NC(=O)C(OC)c2c(OC)cccc2OC)cc1C. The second-order valence-corrected chi connectivity index (χ2v) is 13.3. The molecule has 0 aliphatic rings. The summed E-state index contributed by atoms with van der Waals surface area (Å²) in [7, 11) is -0.328. The first kappa shape index (κ1) is 44.1. The summed E-state index contributed by atoms with van der Waals surface area (Å²) < 4.78 is 132. The zero-order valence-corrected chi connectivity index (χ0v) is 30.6. The second-order valence-electron chi connectivity index (χ2n) is 11.5. The lowest BCUT2D eigenvalue weighted by molar-refractivity contribution is -0.173. The molecule has 0 aliphatic carbocycles. The number of methoxy groups -OCH3 is 3. The predicted octanol–water partition coefficient (Wildman–Crippen LogP) is 6.79. The van der Waals surface area contributed by atoms with E-state index in [1.54, 1.807) is 42.2 Å². The van der Waals surface area contributed by atoms with Crippen LogP contribution in [0.2, 0.25) is 0 Å². The number of alkyl halides is 6. The lowest BCUT2D eigenvalue weighted by Gasteiger charge is -2.29. The number of nitrogens with one attached hydrogen (secondary N) is 2. The number of hydrogen-bond donors (Lipinski definition) is 2. The van der Waals surface area contributed by atoms with Crippen LogP contribution in [-0.4, -0.2) is 86.6 Å². The summed E-state index contributed by atoms with van der Waals surface area (Å²) in [6.07, 6.45) is -10.5. The highest BCUT2D eigenvalue weighted by Gasteiger charge is 2.32. The summed E-state index contributed by atoms with van der Waals surface area (Å²) in [6, 6.07) is 9.39. The van der Waals surface area contributed by atoms with E-state index in [0.29, 0.717) is 29.8 Å². The highest BCUT2D eigenvalue weighted by atomic mass is 32.2. The molecule has 18 heteroatoms. The van der Waals surface area contributed by atoms with Gasteiger partial charge in [0.15, 0.2) is 12.7 Å². The predicted molar refractivity (Wildman–Crippen MR) is 182 cm³/mol. The molecule has 0 radical (unpaired) electrons. The van der Waals surface area contributed by atoms with Gasteiger partial charge in [-0.3, -0.25) is 9.52 Å². The topological polar surface area (TPSA) is 136 Å². The van der Waals surface area contributed by atoms with Crippen LogP contribution in [0.4, 0.5) is 32.0 Å². The Bertz CT molecular complexity index is 1630. The molecule has 0 bridgehead atoms. The molecule has 0 saturated carbocycles. The molecule has 52 heavy (non-hydrogen) atoms. The molecule has 2 N–H and O–H groups in total. The van der Waals surface area contributed by atoms with Crippen molar-refractivity contribution in [3.8, 4) is 11.5 Å². The van der Waals surface area contributed by atoms with Gasteiger partial charge >= 0.3 is 12.4 Å². The molecule has 1 amide bonds. The van der Waals surface area contributed by atoms with Gasteiger partial charge in [0, 0.05) is 25.9 Å². The number of carbonyl (C=O) groups excluding carboxylic acids is 1. The smallest absolute Gasteiger partial charge is 0.422 e. The average molecular weight is 770 g/mol. The van der Waals surface area contributed by atoms with Crippen molar-refractivity contribution in [1.29, 1.82) is 5.41 Å². The zero-order chi connectivity index (χ0) is 39.3. The normalized spacial score (nSPS) is 13.2. The zero-order valence-electron chi connectivity index (χ0n) is 29.8. The Kier molecular flexibility index (Phi) is 16.7. The molecule has 0 fully saturated rings. The van der Waals surface area contributed by atoms with E-state index in [-0.39, 0.29) is 53.5 Å².